The predicted octanol–water partition coefficient (Wildman–Crippen LogP) is 2.11. The molecule has 2 aromatic rings. The first kappa shape index (κ1) is 15.5. The van der Waals surface area contributed by atoms with Crippen molar-refractivity contribution in [2.45, 2.75) is 19.9 Å². The van der Waals surface area contributed by atoms with E-state index in [1.54, 1.807) is 12.3 Å². The van der Waals surface area contributed by atoms with Crippen LogP contribution in [0, 0.1) is 6.92 Å². The molecule has 6 heteroatoms. The number of aryl methyl sites for hydroxylation is 1. The molecular formula is C15H19N3O2S. The summed E-state index contributed by atoms with van der Waals surface area (Å²) in [5.74, 6) is 0.438. The molecule has 0 bridgehead atoms. The number of hydrogen-bond donors (Lipinski definition) is 2. The highest BCUT2D eigenvalue weighted by atomic mass is 32.1. The number of thiazole rings is 1. The number of rotatable bonds is 7. The van der Waals surface area contributed by atoms with E-state index in [2.05, 4.69) is 10.3 Å². The Morgan fingerprint density at radius 1 is 1.48 bits per heavy atom. The van der Waals surface area contributed by atoms with E-state index in [4.69, 9.17) is 10.5 Å². The standard InChI is InChI=1S/C15H19N3O2S/c1-11-3-4-12(13(9-11)20-7-2-5-16)15(19)18-10-14-17-6-8-21-14/h3-4,6,8-9H,2,5,7,10,16H2,1H3,(H,18,19). The quantitative estimate of drug-likeness (QED) is 0.768. The van der Waals surface area contributed by atoms with Crippen molar-refractivity contribution in [3.05, 3.63) is 45.9 Å². The van der Waals surface area contributed by atoms with Crippen molar-refractivity contribution in [1.82, 2.24) is 10.3 Å². The molecule has 1 heterocycles. The minimum Gasteiger partial charge on any atom is -0.493 e. The van der Waals surface area contributed by atoms with Crippen LogP contribution in [0.4, 0.5) is 0 Å². The second-order valence-corrected chi connectivity index (χ2v) is 5.58. The fourth-order valence-corrected chi connectivity index (χ4v) is 2.35. The monoisotopic (exact) mass is 305 g/mol. The van der Waals surface area contributed by atoms with Crippen LogP contribution in [0.2, 0.25) is 0 Å². The summed E-state index contributed by atoms with van der Waals surface area (Å²) in [6.45, 7) is 3.46. The van der Waals surface area contributed by atoms with Crippen molar-refractivity contribution in [2.24, 2.45) is 5.73 Å². The molecular weight excluding hydrogens is 286 g/mol. The minimum absolute atomic E-state index is 0.159. The third-order valence-corrected chi connectivity index (χ3v) is 3.65. The summed E-state index contributed by atoms with van der Waals surface area (Å²) in [4.78, 5) is 16.4. The Bertz CT molecular complexity index is 585. The molecule has 0 saturated heterocycles. The SMILES string of the molecule is Cc1ccc(C(=O)NCc2nccs2)c(OCCCN)c1. The van der Waals surface area contributed by atoms with Crippen LogP contribution >= 0.6 is 11.3 Å². The van der Waals surface area contributed by atoms with Gasteiger partial charge in [0.2, 0.25) is 0 Å². The first-order valence-corrected chi connectivity index (χ1v) is 7.68. The maximum atomic E-state index is 12.3. The zero-order chi connectivity index (χ0) is 15.1. The normalized spacial score (nSPS) is 10.4. The van der Waals surface area contributed by atoms with Gasteiger partial charge in [-0.15, -0.1) is 11.3 Å². The summed E-state index contributed by atoms with van der Waals surface area (Å²) in [5, 5.41) is 5.62. The number of amides is 1. The molecule has 3 N–H and O–H groups in total. The van der Waals surface area contributed by atoms with E-state index in [0.29, 0.717) is 31.0 Å². The third kappa shape index (κ3) is 4.54. The number of carbonyl (C=O) groups excluding carboxylic acids is 1. The average molecular weight is 305 g/mol. The molecule has 2 rings (SSSR count). The number of nitrogens with zero attached hydrogens (tertiary/aromatic N) is 1. The van der Waals surface area contributed by atoms with Gasteiger partial charge in [-0.1, -0.05) is 6.07 Å². The highest BCUT2D eigenvalue weighted by Crippen LogP contribution is 2.20. The van der Waals surface area contributed by atoms with Gasteiger partial charge >= 0.3 is 0 Å². The number of ether oxygens (including phenoxy) is 1. The van der Waals surface area contributed by atoms with Crippen LogP contribution in [0.25, 0.3) is 0 Å². The number of carbonyl (C=O) groups is 1. The highest BCUT2D eigenvalue weighted by Gasteiger charge is 2.13. The van der Waals surface area contributed by atoms with Gasteiger partial charge in [0.25, 0.3) is 5.91 Å². The maximum absolute atomic E-state index is 12.3. The van der Waals surface area contributed by atoms with E-state index in [9.17, 15) is 4.79 Å². The number of aromatic nitrogens is 1. The summed E-state index contributed by atoms with van der Waals surface area (Å²) in [6.07, 6.45) is 2.48. The fourth-order valence-electron chi connectivity index (χ4n) is 1.79. The molecule has 21 heavy (non-hydrogen) atoms. The summed E-state index contributed by atoms with van der Waals surface area (Å²) in [6, 6.07) is 5.55. The Kier molecular flexibility index (Phi) is 5.71. The van der Waals surface area contributed by atoms with Crippen LogP contribution in [0.15, 0.2) is 29.8 Å². The number of hydrogen-bond acceptors (Lipinski definition) is 5. The molecule has 5 nitrogen and oxygen atoms in total. The van der Waals surface area contributed by atoms with Gasteiger partial charge in [-0.3, -0.25) is 4.79 Å². The van der Waals surface area contributed by atoms with Crippen molar-refractivity contribution < 1.29 is 9.53 Å². The Hall–Kier alpha value is -1.92. The molecule has 0 aliphatic carbocycles. The van der Waals surface area contributed by atoms with Crippen LogP contribution < -0.4 is 15.8 Å². The molecule has 1 aromatic carbocycles. The van der Waals surface area contributed by atoms with Crippen LogP contribution in [0.3, 0.4) is 0 Å². The lowest BCUT2D eigenvalue weighted by Gasteiger charge is -2.12. The summed E-state index contributed by atoms with van der Waals surface area (Å²) < 4.78 is 5.66. The second kappa shape index (κ2) is 7.75. The van der Waals surface area contributed by atoms with Gasteiger partial charge in [-0.25, -0.2) is 4.98 Å². The van der Waals surface area contributed by atoms with Crippen LogP contribution in [-0.2, 0) is 6.54 Å². The lowest BCUT2D eigenvalue weighted by molar-refractivity contribution is 0.0946. The second-order valence-electron chi connectivity index (χ2n) is 4.60. The van der Waals surface area contributed by atoms with Crippen molar-refractivity contribution in [3.63, 3.8) is 0 Å². The van der Waals surface area contributed by atoms with E-state index >= 15 is 0 Å². The smallest absolute Gasteiger partial charge is 0.255 e. The van der Waals surface area contributed by atoms with Crippen molar-refractivity contribution >= 4 is 17.2 Å². The maximum Gasteiger partial charge on any atom is 0.255 e. The van der Waals surface area contributed by atoms with Gasteiger partial charge in [0.1, 0.15) is 10.8 Å². The molecule has 0 spiro atoms. The lowest BCUT2D eigenvalue weighted by Crippen LogP contribution is -2.23. The lowest BCUT2D eigenvalue weighted by atomic mass is 10.1. The van der Waals surface area contributed by atoms with Crippen molar-refractivity contribution in [2.75, 3.05) is 13.2 Å². The molecule has 0 aliphatic rings. The van der Waals surface area contributed by atoms with E-state index < -0.39 is 0 Å². The molecule has 0 aliphatic heterocycles. The fraction of sp³-hybridized carbons (Fsp3) is 0.333. The van der Waals surface area contributed by atoms with E-state index in [1.807, 2.05) is 24.4 Å². The molecule has 0 unspecified atom stereocenters. The van der Waals surface area contributed by atoms with Gasteiger partial charge in [-0.2, -0.15) is 0 Å². The van der Waals surface area contributed by atoms with Crippen LogP contribution in [-0.4, -0.2) is 24.0 Å². The Morgan fingerprint density at radius 3 is 3.05 bits per heavy atom. The van der Waals surface area contributed by atoms with E-state index in [1.165, 1.54) is 11.3 Å². The first-order valence-electron chi connectivity index (χ1n) is 6.81. The number of nitrogens with one attached hydrogen (secondary N) is 1. The Balaban J connectivity index is 2.04. The molecule has 112 valence electrons. The molecule has 0 radical (unpaired) electrons. The summed E-state index contributed by atoms with van der Waals surface area (Å²) in [7, 11) is 0. The molecule has 0 atom stereocenters. The zero-order valence-corrected chi connectivity index (χ0v) is 12.8. The van der Waals surface area contributed by atoms with Gasteiger partial charge < -0.3 is 15.8 Å². The van der Waals surface area contributed by atoms with E-state index in [-0.39, 0.29) is 5.91 Å². The molecule has 0 fully saturated rings. The summed E-state index contributed by atoms with van der Waals surface area (Å²) in [5.41, 5.74) is 7.04. The molecule has 1 aromatic heterocycles. The van der Waals surface area contributed by atoms with Gasteiger partial charge in [-0.05, 0) is 37.6 Å². The molecule has 1 amide bonds. The van der Waals surface area contributed by atoms with Crippen LogP contribution in [0.5, 0.6) is 5.75 Å². The topological polar surface area (TPSA) is 77.2 Å². The van der Waals surface area contributed by atoms with Crippen LogP contribution in [0.1, 0.15) is 27.3 Å². The highest BCUT2D eigenvalue weighted by molar-refractivity contribution is 7.09. The van der Waals surface area contributed by atoms with E-state index in [0.717, 1.165) is 17.0 Å². The van der Waals surface area contributed by atoms with Gasteiger partial charge in [0.05, 0.1) is 18.7 Å². The Labute approximate surface area is 128 Å². The van der Waals surface area contributed by atoms with Gasteiger partial charge in [0, 0.05) is 11.6 Å². The first-order chi connectivity index (χ1) is 10.2. The van der Waals surface area contributed by atoms with Gasteiger partial charge in [0.15, 0.2) is 0 Å². The largest absolute Gasteiger partial charge is 0.493 e. The molecule has 0 saturated carbocycles. The minimum atomic E-state index is -0.159. The third-order valence-electron chi connectivity index (χ3n) is 2.87. The summed E-state index contributed by atoms with van der Waals surface area (Å²) >= 11 is 1.51. The number of benzene rings is 1. The predicted molar refractivity (Wildman–Crippen MR) is 83.6 cm³/mol. The Morgan fingerprint density at radius 2 is 2.33 bits per heavy atom. The zero-order valence-electron chi connectivity index (χ0n) is 12.0. The number of nitrogens with two attached hydrogens (primary N) is 1. The van der Waals surface area contributed by atoms with Crippen molar-refractivity contribution in [1.29, 1.82) is 0 Å². The average Bonchev–Trinajstić information content (AvgIpc) is 2.98. The van der Waals surface area contributed by atoms with Crippen molar-refractivity contribution in [3.8, 4) is 5.75 Å².